The smallest absolute Gasteiger partial charge is 0.308 e. The molecule has 1 aromatic rings. The Morgan fingerprint density at radius 3 is 2.00 bits per heavy atom. The highest BCUT2D eigenvalue weighted by atomic mass is 16.4. The number of hydrogen-bond donors (Lipinski definition) is 3. The monoisotopic (exact) mass is 465 g/mol. The number of aromatic hydroxyl groups is 1. The van der Waals surface area contributed by atoms with Crippen LogP contribution in [0.3, 0.4) is 0 Å². The van der Waals surface area contributed by atoms with E-state index in [0.717, 1.165) is 6.41 Å². The van der Waals surface area contributed by atoms with Gasteiger partial charge in [-0.3, -0.25) is 29.0 Å². The zero-order valence-electron chi connectivity index (χ0n) is 19.7. The minimum absolute atomic E-state index is 0.0442. The van der Waals surface area contributed by atoms with Crippen molar-refractivity contribution in [3.63, 3.8) is 0 Å². The molecule has 0 aromatic heterocycles. The van der Waals surface area contributed by atoms with E-state index >= 15 is 0 Å². The van der Waals surface area contributed by atoms with Gasteiger partial charge in [-0.2, -0.15) is 0 Å². The Labute approximate surface area is 194 Å². The zero-order chi connectivity index (χ0) is 25.0. The van der Waals surface area contributed by atoms with Gasteiger partial charge in [0.1, 0.15) is 5.75 Å². The number of carboxylic acids is 1. The number of nitrogens with one attached hydrogen (secondary N) is 1. The summed E-state index contributed by atoms with van der Waals surface area (Å²) < 4.78 is 0. The fourth-order valence-electron chi connectivity index (χ4n) is 2.98. The number of nitrogens with zero attached hydrogens (tertiary/aromatic N) is 4. The third-order valence-corrected chi connectivity index (χ3v) is 4.94. The first-order valence-electron chi connectivity index (χ1n) is 10.6. The average molecular weight is 466 g/mol. The van der Waals surface area contributed by atoms with Gasteiger partial charge in [0.25, 0.3) is 0 Å². The van der Waals surface area contributed by atoms with Gasteiger partial charge in [-0.25, -0.2) is 0 Å². The first-order valence-corrected chi connectivity index (χ1v) is 10.6. The summed E-state index contributed by atoms with van der Waals surface area (Å²) in [5.41, 5.74) is 0.506. The highest BCUT2D eigenvalue weighted by Gasteiger charge is 2.27. The summed E-state index contributed by atoms with van der Waals surface area (Å²) in [5.74, 6) is -2.07. The minimum Gasteiger partial charge on any atom is -0.508 e. The largest absolute Gasteiger partial charge is 0.508 e. The fraction of sp³-hybridized carbons (Fsp3) is 0.545. The van der Waals surface area contributed by atoms with Gasteiger partial charge in [-0.1, -0.05) is 0 Å². The number of hydrogen-bond acceptors (Lipinski definition) is 7. The highest BCUT2D eigenvalue weighted by molar-refractivity contribution is 5.93. The zero-order valence-corrected chi connectivity index (χ0v) is 19.7. The molecule has 1 aliphatic rings. The lowest BCUT2D eigenvalue weighted by molar-refractivity contribution is -0.144. The van der Waals surface area contributed by atoms with Crippen LogP contribution in [0.5, 0.6) is 5.75 Å². The quantitative estimate of drug-likeness (QED) is 0.338. The van der Waals surface area contributed by atoms with Gasteiger partial charge < -0.3 is 25.3 Å². The second kappa shape index (κ2) is 14.1. The number of aliphatic carboxylic acids is 1. The molecule has 11 heteroatoms. The molecule has 1 unspecified atom stereocenters. The molecule has 1 saturated heterocycles. The second-order valence-corrected chi connectivity index (χ2v) is 8.27. The molecule has 184 valence electrons. The SMILES string of the molecule is CN(C)C(=O)CN1CCN(CC(CC(=O)Nc2ccc(O)cc2)C(=O)O)CC1.CN(C)C=O. The van der Waals surface area contributed by atoms with Crippen LogP contribution in [0, 0.1) is 5.92 Å². The Morgan fingerprint density at radius 1 is 1.03 bits per heavy atom. The third-order valence-electron chi connectivity index (χ3n) is 4.94. The Kier molecular flexibility index (Phi) is 11.9. The summed E-state index contributed by atoms with van der Waals surface area (Å²) in [6.07, 6.45) is 0.621. The van der Waals surface area contributed by atoms with Gasteiger partial charge in [0.05, 0.1) is 12.5 Å². The van der Waals surface area contributed by atoms with Crippen LogP contribution in [0.2, 0.25) is 0 Å². The molecule has 0 bridgehead atoms. The number of piperazine rings is 1. The van der Waals surface area contributed by atoms with Crippen LogP contribution in [0.1, 0.15) is 6.42 Å². The van der Waals surface area contributed by atoms with Crippen molar-refractivity contribution in [2.24, 2.45) is 5.92 Å². The molecule has 33 heavy (non-hydrogen) atoms. The number of rotatable bonds is 9. The van der Waals surface area contributed by atoms with Crippen LogP contribution in [-0.2, 0) is 19.2 Å². The summed E-state index contributed by atoms with van der Waals surface area (Å²) in [4.78, 5) is 52.1. The van der Waals surface area contributed by atoms with Crippen LogP contribution < -0.4 is 5.32 Å². The fourth-order valence-corrected chi connectivity index (χ4v) is 2.98. The predicted molar refractivity (Wildman–Crippen MR) is 124 cm³/mol. The number of amides is 3. The van der Waals surface area contributed by atoms with E-state index < -0.39 is 11.9 Å². The van der Waals surface area contributed by atoms with E-state index in [1.807, 2.05) is 9.80 Å². The molecule has 11 nitrogen and oxygen atoms in total. The molecule has 2 rings (SSSR count). The van der Waals surface area contributed by atoms with Crippen LogP contribution in [0.15, 0.2) is 24.3 Å². The number of benzene rings is 1. The van der Waals surface area contributed by atoms with Gasteiger partial charge in [0.2, 0.25) is 18.2 Å². The van der Waals surface area contributed by atoms with Crippen molar-refractivity contribution in [3.8, 4) is 5.75 Å². The number of carbonyl (C=O) groups excluding carboxylic acids is 3. The number of phenols is 1. The Balaban J connectivity index is 0.000000981. The summed E-state index contributed by atoms with van der Waals surface area (Å²) in [6.45, 7) is 3.33. The number of phenolic OH excluding ortho intramolecular Hbond substituents is 1. The minimum atomic E-state index is -1.01. The number of likely N-dealkylation sites (N-methyl/N-ethyl adjacent to an activating group) is 1. The first kappa shape index (κ1) is 27.9. The lowest BCUT2D eigenvalue weighted by atomic mass is 10.0. The number of carbonyl (C=O) groups is 4. The van der Waals surface area contributed by atoms with E-state index in [1.54, 1.807) is 45.2 Å². The van der Waals surface area contributed by atoms with Crippen molar-refractivity contribution in [2.75, 3.05) is 72.8 Å². The second-order valence-electron chi connectivity index (χ2n) is 8.27. The van der Waals surface area contributed by atoms with Crippen LogP contribution >= 0.6 is 0 Å². The molecular weight excluding hydrogens is 430 g/mol. The summed E-state index contributed by atoms with van der Waals surface area (Å²) in [5, 5.41) is 21.4. The van der Waals surface area contributed by atoms with Gasteiger partial charge in [0, 0.05) is 73.0 Å². The van der Waals surface area contributed by atoms with Crippen LogP contribution in [0.4, 0.5) is 5.69 Å². The first-order chi connectivity index (χ1) is 15.5. The Bertz CT molecular complexity index is 776. The maximum absolute atomic E-state index is 12.2. The molecule has 1 atom stereocenters. The van der Waals surface area contributed by atoms with E-state index in [1.165, 1.54) is 17.0 Å². The summed E-state index contributed by atoms with van der Waals surface area (Å²) in [7, 11) is 6.82. The van der Waals surface area contributed by atoms with E-state index in [0.29, 0.717) is 38.4 Å². The standard InChI is InChI=1S/C19H28N4O5.C3H7NO/c1-21(2)18(26)13-23-9-7-22(8-10-23)12-14(19(27)28)11-17(25)20-15-3-5-16(24)6-4-15;1-4(2)3-5/h3-6,14,24H,7-13H2,1-2H3,(H,20,25)(H,27,28);3H,1-2H3. The molecular formula is C22H35N5O6. The van der Waals surface area contributed by atoms with Crippen molar-refractivity contribution in [1.29, 1.82) is 0 Å². The molecule has 0 saturated carbocycles. The lowest BCUT2D eigenvalue weighted by Gasteiger charge is -2.35. The molecule has 3 N–H and O–H groups in total. The number of anilines is 1. The molecule has 0 spiro atoms. The molecule has 3 amide bonds. The normalized spacial score (nSPS) is 14.9. The van der Waals surface area contributed by atoms with Crippen molar-refractivity contribution in [3.05, 3.63) is 24.3 Å². The molecule has 1 fully saturated rings. The average Bonchev–Trinajstić information content (AvgIpc) is 2.76. The van der Waals surface area contributed by atoms with E-state index in [9.17, 15) is 29.4 Å². The molecule has 1 aliphatic heterocycles. The van der Waals surface area contributed by atoms with Crippen LogP contribution in [0.25, 0.3) is 0 Å². The van der Waals surface area contributed by atoms with Crippen LogP contribution in [-0.4, -0.2) is 121 Å². The summed E-state index contributed by atoms with van der Waals surface area (Å²) >= 11 is 0. The van der Waals surface area contributed by atoms with Crippen molar-refractivity contribution in [2.45, 2.75) is 6.42 Å². The predicted octanol–water partition coefficient (Wildman–Crippen LogP) is -0.168. The maximum Gasteiger partial charge on any atom is 0.308 e. The molecule has 1 heterocycles. The Hall–Kier alpha value is -3.18. The van der Waals surface area contributed by atoms with Gasteiger partial charge in [0.15, 0.2) is 0 Å². The van der Waals surface area contributed by atoms with E-state index in [4.69, 9.17) is 0 Å². The van der Waals surface area contributed by atoms with Gasteiger partial charge in [-0.05, 0) is 24.3 Å². The lowest BCUT2D eigenvalue weighted by Crippen LogP contribution is -2.50. The molecule has 0 radical (unpaired) electrons. The van der Waals surface area contributed by atoms with Gasteiger partial charge in [-0.15, -0.1) is 0 Å². The molecule has 0 aliphatic carbocycles. The maximum atomic E-state index is 12.2. The topological polar surface area (TPSA) is 134 Å². The summed E-state index contributed by atoms with van der Waals surface area (Å²) in [6, 6.07) is 6.00. The van der Waals surface area contributed by atoms with E-state index in [2.05, 4.69) is 5.32 Å². The van der Waals surface area contributed by atoms with Crippen molar-refractivity contribution < 1.29 is 29.4 Å². The highest BCUT2D eigenvalue weighted by Crippen LogP contribution is 2.16. The van der Waals surface area contributed by atoms with Crippen molar-refractivity contribution in [1.82, 2.24) is 19.6 Å². The molecule has 1 aromatic carbocycles. The van der Waals surface area contributed by atoms with E-state index in [-0.39, 0.29) is 30.5 Å². The number of carboxylic acid groups (broad SMARTS) is 1. The Morgan fingerprint density at radius 2 is 1.55 bits per heavy atom. The van der Waals surface area contributed by atoms with Crippen molar-refractivity contribution >= 4 is 29.9 Å². The third kappa shape index (κ3) is 11.3. The van der Waals surface area contributed by atoms with Gasteiger partial charge >= 0.3 is 5.97 Å².